The number of hydrogen-bond acceptors (Lipinski definition) is 2. The Kier molecular flexibility index (Phi) is 2.97. The average Bonchev–Trinajstić information content (AvgIpc) is 2.84. The van der Waals surface area contributed by atoms with E-state index in [1.807, 2.05) is 0 Å². The zero-order valence-electron chi connectivity index (χ0n) is 12.8. The van der Waals surface area contributed by atoms with Gasteiger partial charge in [0.25, 0.3) is 0 Å². The molecule has 108 valence electrons. The average molecular weight is 262 g/mol. The van der Waals surface area contributed by atoms with E-state index >= 15 is 0 Å². The summed E-state index contributed by atoms with van der Waals surface area (Å²) in [7, 11) is 2.28. The Bertz CT molecular complexity index is 323. The van der Waals surface area contributed by atoms with E-state index in [1.54, 1.807) is 0 Å². The smallest absolute Gasteiger partial charge is 0.0106 e. The molecule has 2 saturated carbocycles. The molecule has 0 aromatic carbocycles. The number of nitrogens with zero attached hydrogens (tertiary/aromatic N) is 2. The predicted octanol–water partition coefficient (Wildman–Crippen LogP) is 2.84. The molecular weight excluding hydrogens is 232 g/mol. The van der Waals surface area contributed by atoms with Gasteiger partial charge in [-0.3, -0.25) is 4.90 Å². The summed E-state index contributed by atoms with van der Waals surface area (Å²) in [5.74, 6) is 3.13. The van der Waals surface area contributed by atoms with E-state index in [0.29, 0.717) is 0 Å². The van der Waals surface area contributed by atoms with Crippen molar-refractivity contribution in [3.63, 3.8) is 0 Å². The van der Waals surface area contributed by atoms with Crippen molar-refractivity contribution in [2.45, 2.75) is 51.5 Å². The van der Waals surface area contributed by atoms with E-state index < -0.39 is 0 Å². The zero-order valence-corrected chi connectivity index (χ0v) is 12.8. The highest BCUT2D eigenvalue weighted by Crippen LogP contribution is 2.53. The van der Waals surface area contributed by atoms with Crippen LogP contribution in [0.5, 0.6) is 0 Å². The second kappa shape index (κ2) is 4.46. The molecule has 0 amide bonds. The summed E-state index contributed by atoms with van der Waals surface area (Å²) in [5, 5.41) is 0. The maximum absolute atomic E-state index is 2.88. The third-order valence-electron chi connectivity index (χ3n) is 6.92. The van der Waals surface area contributed by atoms with Gasteiger partial charge in [0.2, 0.25) is 0 Å². The Labute approximate surface area is 118 Å². The largest absolute Gasteiger partial charge is 0.306 e. The first kappa shape index (κ1) is 12.6. The SMILES string of the molecule is CC1C[C@@H]2CN(C3CC4(CCN(C)CC4)C3)C[C@@H]2C1. The first-order valence-electron chi connectivity index (χ1n) is 8.56. The molecule has 1 spiro atoms. The minimum atomic E-state index is 0.766. The molecule has 0 radical (unpaired) electrons. The molecule has 1 unspecified atom stereocenters. The van der Waals surface area contributed by atoms with Crippen molar-refractivity contribution in [2.75, 3.05) is 33.2 Å². The van der Waals surface area contributed by atoms with Gasteiger partial charge in [0.15, 0.2) is 0 Å². The third kappa shape index (κ3) is 2.15. The highest BCUT2D eigenvalue weighted by Gasteiger charge is 2.50. The van der Waals surface area contributed by atoms with Gasteiger partial charge in [-0.2, -0.15) is 0 Å². The number of fused-ring (bicyclic) bond motifs is 1. The quantitative estimate of drug-likeness (QED) is 0.717. The van der Waals surface area contributed by atoms with Crippen molar-refractivity contribution in [2.24, 2.45) is 23.2 Å². The van der Waals surface area contributed by atoms with Gasteiger partial charge < -0.3 is 4.90 Å². The molecule has 4 rings (SSSR count). The van der Waals surface area contributed by atoms with E-state index in [1.165, 1.54) is 64.7 Å². The highest BCUT2D eigenvalue weighted by molar-refractivity contribution is 5.04. The van der Waals surface area contributed by atoms with Crippen molar-refractivity contribution < 1.29 is 0 Å². The van der Waals surface area contributed by atoms with Gasteiger partial charge >= 0.3 is 0 Å². The fourth-order valence-corrected chi connectivity index (χ4v) is 5.64. The van der Waals surface area contributed by atoms with Crippen molar-refractivity contribution >= 4 is 0 Å². The summed E-state index contributed by atoms with van der Waals surface area (Å²) >= 11 is 0. The van der Waals surface area contributed by atoms with Crippen LogP contribution in [0.3, 0.4) is 0 Å². The third-order valence-corrected chi connectivity index (χ3v) is 6.92. The molecule has 2 aliphatic heterocycles. The zero-order chi connectivity index (χ0) is 13.0. The molecule has 4 fully saturated rings. The fourth-order valence-electron chi connectivity index (χ4n) is 5.64. The Morgan fingerprint density at radius 3 is 2.11 bits per heavy atom. The lowest BCUT2D eigenvalue weighted by molar-refractivity contribution is -0.0337. The van der Waals surface area contributed by atoms with Gasteiger partial charge in [-0.25, -0.2) is 0 Å². The van der Waals surface area contributed by atoms with Crippen LogP contribution in [0.2, 0.25) is 0 Å². The second-order valence-corrected chi connectivity index (χ2v) is 8.42. The molecule has 3 atom stereocenters. The first-order valence-corrected chi connectivity index (χ1v) is 8.56. The summed E-state index contributed by atoms with van der Waals surface area (Å²) in [6.07, 6.45) is 9.02. The van der Waals surface area contributed by atoms with E-state index in [0.717, 1.165) is 29.2 Å². The summed E-state index contributed by atoms with van der Waals surface area (Å²) < 4.78 is 0. The minimum absolute atomic E-state index is 0.766. The number of piperidine rings is 1. The molecule has 0 aromatic rings. The molecule has 2 heterocycles. The second-order valence-electron chi connectivity index (χ2n) is 8.42. The van der Waals surface area contributed by atoms with Crippen LogP contribution in [-0.2, 0) is 0 Å². The number of rotatable bonds is 1. The van der Waals surface area contributed by atoms with Crippen LogP contribution >= 0.6 is 0 Å². The van der Waals surface area contributed by atoms with E-state index in [-0.39, 0.29) is 0 Å². The Morgan fingerprint density at radius 2 is 1.53 bits per heavy atom. The van der Waals surface area contributed by atoms with Gasteiger partial charge in [-0.1, -0.05) is 6.92 Å². The van der Waals surface area contributed by atoms with Crippen LogP contribution in [0.15, 0.2) is 0 Å². The lowest BCUT2D eigenvalue weighted by Gasteiger charge is -2.54. The summed E-state index contributed by atoms with van der Waals surface area (Å²) in [4.78, 5) is 5.39. The van der Waals surface area contributed by atoms with Crippen molar-refractivity contribution in [1.82, 2.24) is 9.80 Å². The molecule has 2 saturated heterocycles. The maximum Gasteiger partial charge on any atom is 0.0106 e. The molecule has 0 bridgehead atoms. The molecule has 0 N–H and O–H groups in total. The lowest BCUT2D eigenvalue weighted by Crippen LogP contribution is -2.54. The molecule has 2 nitrogen and oxygen atoms in total. The normalized spacial score (nSPS) is 43.6. The van der Waals surface area contributed by atoms with E-state index in [4.69, 9.17) is 0 Å². The lowest BCUT2D eigenvalue weighted by atomic mass is 9.60. The standard InChI is InChI=1S/C17H30N2/c1-13-7-14-11-19(12-15(14)8-13)16-9-17(10-16)3-5-18(2)6-4-17/h13-16H,3-12H2,1-2H3/t13?,14-,15+. The van der Waals surface area contributed by atoms with Crippen molar-refractivity contribution in [3.05, 3.63) is 0 Å². The summed E-state index contributed by atoms with van der Waals surface area (Å²) in [5.41, 5.74) is 0.766. The molecule has 2 heteroatoms. The van der Waals surface area contributed by atoms with Crippen LogP contribution < -0.4 is 0 Å². The fraction of sp³-hybridized carbons (Fsp3) is 1.00. The number of likely N-dealkylation sites (tertiary alicyclic amines) is 2. The molecule has 2 aliphatic carbocycles. The van der Waals surface area contributed by atoms with E-state index in [9.17, 15) is 0 Å². The van der Waals surface area contributed by atoms with Gasteiger partial charge in [0, 0.05) is 19.1 Å². The van der Waals surface area contributed by atoms with Crippen LogP contribution in [0.4, 0.5) is 0 Å². The van der Waals surface area contributed by atoms with Gasteiger partial charge in [0.1, 0.15) is 0 Å². The van der Waals surface area contributed by atoms with Crippen LogP contribution in [0.1, 0.15) is 45.4 Å². The summed E-state index contributed by atoms with van der Waals surface area (Å²) in [6, 6.07) is 0.962. The Morgan fingerprint density at radius 1 is 0.947 bits per heavy atom. The van der Waals surface area contributed by atoms with E-state index in [2.05, 4.69) is 23.8 Å². The Hall–Kier alpha value is -0.0800. The van der Waals surface area contributed by atoms with Crippen molar-refractivity contribution in [3.8, 4) is 0 Å². The molecular formula is C17H30N2. The summed E-state index contributed by atoms with van der Waals surface area (Å²) in [6.45, 7) is 8.02. The van der Waals surface area contributed by atoms with Gasteiger partial charge in [0.05, 0.1) is 0 Å². The predicted molar refractivity (Wildman–Crippen MR) is 79.1 cm³/mol. The minimum Gasteiger partial charge on any atom is -0.306 e. The van der Waals surface area contributed by atoms with Crippen molar-refractivity contribution in [1.29, 1.82) is 0 Å². The van der Waals surface area contributed by atoms with Crippen LogP contribution in [0, 0.1) is 23.2 Å². The van der Waals surface area contributed by atoms with Crippen LogP contribution in [-0.4, -0.2) is 49.1 Å². The molecule has 19 heavy (non-hydrogen) atoms. The first-order chi connectivity index (χ1) is 9.13. The van der Waals surface area contributed by atoms with Gasteiger partial charge in [-0.15, -0.1) is 0 Å². The monoisotopic (exact) mass is 262 g/mol. The maximum atomic E-state index is 2.88. The van der Waals surface area contributed by atoms with Gasteiger partial charge in [-0.05, 0) is 81.8 Å². The Balaban J connectivity index is 1.30. The molecule has 4 aliphatic rings. The van der Waals surface area contributed by atoms with Crippen LogP contribution in [0.25, 0.3) is 0 Å². The topological polar surface area (TPSA) is 6.48 Å². The highest BCUT2D eigenvalue weighted by atomic mass is 15.2. The molecule has 0 aromatic heterocycles. The number of hydrogen-bond donors (Lipinski definition) is 0.